The highest BCUT2D eigenvalue weighted by atomic mass is 19.1. The fourth-order valence-corrected chi connectivity index (χ4v) is 1.73. The maximum absolute atomic E-state index is 14.0. The fraction of sp³-hybridized carbons (Fsp3) is 0.267. The van der Waals surface area contributed by atoms with Crippen molar-refractivity contribution in [2.75, 3.05) is 13.1 Å². The van der Waals surface area contributed by atoms with Crippen LogP contribution in [0.5, 0.6) is 0 Å². The first kappa shape index (κ1) is 16.4. The van der Waals surface area contributed by atoms with E-state index >= 15 is 0 Å². The number of hydrogen-bond acceptors (Lipinski definition) is 3. The molecule has 0 bridgehead atoms. The minimum absolute atomic E-state index is 0.0951. The number of amides is 1. The molecule has 0 aliphatic carbocycles. The van der Waals surface area contributed by atoms with Crippen molar-refractivity contribution in [2.24, 2.45) is 0 Å². The van der Waals surface area contributed by atoms with Crippen molar-refractivity contribution in [3.8, 4) is 6.07 Å². The first-order valence-electron chi connectivity index (χ1n) is 6.36. The Balaban J connectivity index is 2.96. The van der Waals surface area contributed by atoms with E-state index in [1.54, 1.807) is 6.92 Å². The highest BCUT2D eigenvalue weighted by Gasteiger charge is 2.17. The molecule has 0 unspecified atom stereocenters. The summed E-state index contributed by atoms with van der Waals surface area (Å²) in [6.07, 6.45) is 2.31. The molecule has 110 valence electrons. The van der Waals surface area contributed by atoms with Crippen molar-refractivity contribution >= 4 is 18.0 Å². The Kier molecular flexibility index (Phi) is 6.08. The van der Waals surface area contributed by atoms with Gasteiger partial charge in [-0.3, -0.25) is 4.79 Å². The molecule has 0 radical (unpaired) electrons. The number of nitriles is 1. The molecule has 0 saturated heterocycles. The van der Waals surface area contributed by atoms with Gasteiger partial charge in [0.05, 0.1) is 18.1 Å². The Labute approximate surface area is 121 Å². The van der Waals surface area contributed by atoms with Gasteiger partial charge in [0, 0.05) is 19.2 Å². The van der Waals surface area contributed by atoms with E-state index in [4.69, 9.17) is 10.4 Å². The van der Waals surface area contributed by atoms with Crippen LogP contribution in [0, 0.1) is 17.1 Å². The summed E-state index contributed by atoms with van der Waals surface area (Å²) in [5, 5.41) is 17.0. The number of carboxylic acid groups (broad SMARTS) is 1. The molecule has 1 amide bonds. The summed E-state index contributed by atoms with van der Waals surface area (Å²) >= 11 is 0. The lowest BCUT2D eigenvalue weighted by atomic mass is 10.1. The maximum atomic E-state index is 14.0. The number of aliphatic carboxylic acids is 1. The number of rotatable bonds is 6. The third kappa shape index (κ3) is 4.73. The number of halogens is 1. The van der Waals surface area contributed by atoms with E-state index in [0.717, 1.165) is 12.1 Å². The molecule has 1 aromatic carbocycles. The van der Waals surface area contributed by atoms with E-state index in [1.165, 1.54) is 23.1 Å². The second-order valence-electron chi connectivity index (χ2n) is 4.20. The van der Waals surface area contributed by atoms with E-state index in [9.17, 15) is 14.0 Å². The summed E-state index contributed by atoms with van der Waals surface area (Å²) in [6.45, 7) is 2.36. The van der Waals surface area contributed by atoms with Crippen LogP contribution in [-0.2, 0) is 4.79 Å². The van der Waals surface area contributed by atoms with Crippen LogP contribution in [0.1, 0.15) is 29.3 Å². The molecule has 5 nitrogen and oxygen atoms in total. The standard InChI is InChI=1S/C15H15FN2O3/c1-2-18(9-3-8-17)15(21)12-6-4-11(10-13(12)16)5-7-14(19)20/h4-7,10H,2-3,9H2,1H3,(H,19,20). The summed E-state index contributed by atoms with van der Waals surface area (Å²) in [7, 11) is 0. The zero-order chi connectivity index (χ0) is 15.8. The Morgan fingerprint density at radius 1 is 1.48 bits per heavy atom. The minimum atomic E-state index is -1.13. The first-order valence-corrected chi connectivity index (χ1v) is 6.36. The summed E-state index contributed by atoms with van der Waals surface area (Å²) in [4.78, 5) is 23.9. The molecule has 0 aliphatic heterocycles. The Bertz CT molecular complexity index is 605. The molecule has 0 fully saturated rings. The molecule has 1 aromatic rings. The van der Waals surface area contributed by atoms with E-state index in [2.05, 4.69) is 0 Å². The van der Waals surface area contributed by atoms with Gasteiger partial charge in [-0.15, -0.1) is 0 Å². The zero-order valence-corrected chi connectivity index (χ0v) is 11.5. The lowest BCUT2D eigenvalue weighted by Gasteiger charge is -2.19. The Hall–Kier alpha value is -2.68. The van der Waals surface area contributed by atoms with E-state index in [1.807, 2.05) is 6.07 Å². The van der Waals surface area contributed by atoms with Gasteiger partial charge in [0.2, 0.25) is 0 Å². The molecule has 0 aromatic heterocycles. The van der Waals surface area contributed by atoms with Crippen molar-refractivity contribution in [3.05, 3.63) is 41.2 Å². The largest absolute Gasteiger partial charge is 0.478 e. The van der Waals surface area contributed by atoms with Gasteiger partial charge >= 0.3 is 5.97 Å². The van der Waals surface area contributed by atoms with Crippen LogP contribution in [0.15, 0.2) is 24.3 Å². The number of carbonyl (C=O) groups is 2. The summed E-state index contributed by atoms with van der Waals surface area (Å²) in [5.74, 6) is -2.34. The van der Waals surface area contributed by atoms with Crippen molar-refractivity contribution in [1.82, 2.24) is 4.90 Å². The quantitative estimate of drug-likeness (QED) is 0.815. The van der Waals surface area contributed by atoms with Crippen LogP contribution >= 0.6 is 0 Å². The van der Waals surface area contributed by atoms with Gasteiger partial charge in [-0.05, 0) is 30.7 Å². The number of benzene rings is 1. The van der Waals surface area contributed by atoms with Crippen LogP contribution in [0.4, 0.5) is 4.39 Å². The van der Waals surface area contributed by atoms with Crippen LogP contribution in [-0.4, -0.2) is 35.0 Å². The highest BCUT2D eigenvalue weighted by molar-refractivity contribution is 5.95. The zero-order valence-electron chi connectivity index (χ0n) is 11.5. The third-order valence-corrected chi connectivity index (χ3v) is 2.80. The summed E-state index contributed by atoms with van der Waals surface area (Å²) in [5.41, 5.74) is 0.258. The van der Waals surface area contributed by atoms with E-state index in [-0.39, 0.29) is 18.5 Å². The van der Waals surface area contributed by atoms with Crippen LogP contribution in [0.2, 0.25) is 0 Å². The molecule has 21 heavy (non-hydrogen) atoms. The van der Waals surface area contributed by atoms with Crippen molar-refractivity contribution < 1.29 is 19.1 Å². The molecular formula is C15H15FN2O3. The molecule has 1 rings (SSSR count). The number of carboxylic acids is 1. The van der Waals surface area contributed by atoms with Crippen LogP contribution < -0.4 is 0 Å². The monoisotopic (exact) mass is 290 g/mol. The van der Waals surface area contributed by atoms with Crippen molar-refractivity contribution in [2.45, 2.75) is 13.3 Å². The Morgan fingerprint density at radius 3 is 2.71 bits per heavy atom. The SMILES string of the molecule is CCN(CCC#N)C(=O)c1ccc(C=CC(=O)O)cc1F. The smallest absolute Gasteiger partial charge is 0.328 e. The maximum Gasteiger partial charge on any atom is 0.328 e. The molecular weight excluding hydrogens is 275 g/mol. The van der Waals surface area contributed by atoms with E-state index in [0.29, 0.717) is 12.1 Å². The molecule has 6 heteroatoms. The topological polar surface area (TPSA) is 81.4 Å². The fourth-order valence-electron chi connectivity index (χ4n) is 1.73. The third-order valence-electron chi connectivity index (χ3n) is 2.80. The van der Waals surface area contributed by atoms with Gasteiger partial charge in [-0.2, -0.15) is 5.26 Å². The average Bonchev–Trinajstić information content (AvgIpc) is 2.45. The molecule has 0 heterocycles. The molecule has 1 N–H and O–H groups in total. The normalized spacial score (nSPS) is 10.3. The predicted molar refractivity (Wildman–Crippen MR) is 74.9 cm³/mol. The summed E-state index contributed by atoms with van der Waals surface area (Å²) < 4.78 is 14.0. The molecule has 0 atom stereocenters. The van der Waals surface area contributed by atoms with Crippen LogP contribution in [0.25, 0.3) is 6.08 Å². The molecule has 0 aliphatic rings. The van der Waals surface area contributed by atoms with E-state index < -0.39 is 17.7 Å². The predicted octanol–water partition coefficient (Wildman–Crippen LogP) is 2.30. The second-order valence-corrected chi connectivity index (χ2v) is 4.20. The van der Waals surface area contributed by atoms with Gasteiger partial charge in [-0.1, -0.05) is 6.07 Å². The van der Waals surface area contributed by atoms with Crippen molar-refractivity contribution in [1.29, 1.82) is 5.26 Å². The minimum Gasteiger partial charge on any atom is -0.478 e. The first-order chi connectivity index (χ1) is 9.99. The average molecular weight is 290 g/mol. The van der Waals surface area contributed by atoms with Gasteiger partial charge in [-0.25, -0.2) is 9.18 Å². The van der Waals surface area contributed by atoms with Gasteiger partial charge in [0.15, 0.2) is 0 Å². The molecule has 0 saturated carbocycles. The van der Waals surface area contributed by atoms with Gasteiger partial charge in [0.1, 0.15) is 5.82 Å². The number of carbonyl (C=O) groups excluding carboxylic acids is 1. The second kappa shape index (κ2) is 7.80. The lowest BCUT2D eigenvalue weighted by Crippen LogP contribution is -2.32. The number of hydrogen-bond donors (Lipinski definition) is 1. The van der Waals surface area contributed by atoms with Crippen LogP contribution in [0.3, 0.4) is 0 Å². The summed E-state index contributed by atoms with van der Waals surface area (Å²) in [6, 6.07) is 5.82. The van der Waals surface area contributed by atoms with Gasteiger partial charge < -0.3 is 10.0 Å². The Morgan fingerprint density at radius 2 is 2.19 bits per heavy atom. The number of nitrogens with zero attached hydrogens (tertiary/aromatic N) is 2. The van der Waals surface area contributed by atoms with Crippen molar-refractivity contribution in [3.63, 3.8) is 0 Å². The lowest BCUT2D eigenvalue weighted by molar-refractivity contribution is -0.131. The van der Waals surface area contributed by atoms with Gasteiger partial charge in [0.25, 0.3) is 5.91 Å². The molecule has 0 spiro atoms. The highest BCUT2D eigenvalue weighted by Crippen LogP contribution is 2.14.